The molecule has 0 aromatic carbocycles. The number of aliphatic hydroxyl groups excluding tert-OH is 1. The van der Waals surface area contributed by atoms with Crippen LogP contribution in [0.5, 0.6) is 0 Å². The summed E-state index contributed by atoms with van der Waals surface area (Å²) in [6, 6.07) is 1.67. The second kappa shape index (κ2) is 5.40. The molecular formula is C12H19N5O2. The van der Waals surface area contributed by atoms with Crippen molar-refractivity contribution in [3.63, 3.8) is 0 Å². The molecule has 0 saturated carbocycles. The molecule has 0 aliphatic carbocycles. The summed E-state index contributed by atoms with van der Waals surface area (Å²) in [4.78, 5) is 15.7. The Morgan fingerprint density at radius 1 is 1.53 bits per heavy atom. The van der Waals surface area contributed by atoms with E-state index in [2.05, 4.69) is 34.3 Å². The van der Waals surface area contributed by atoms with Crippen LogP contribution < -0.4 is 11.0 Å². The minimum absolute atomic E-state index is 0.300. The lowest BCUT2D eigenvalue weighted by molar-refractivity contribution is 0.161. The van der Waals surface area contributed by atoms with Gasteiger partial charge in [0.15, 0.2) is 5.65 Å². The summed E-state index contributed by atoms with van der Waals surface area (Å²) in [7, 11) is 0. The zero-order valence-corrected chi connectivity index (χ0v) is 11.3. The first kappa shape index (κ1) is 13.5. The topological polar surface area (TPSA) is 95.3 Å². The van der Waals surface area contributed by atoms with Crippen molar-refractivity contribution in [1.29, 1.82) is 0 Å². The van der Waals surface area contributed by atoms with Crippen molar-refractivity contribution in [2.75, 3.05) is 11.9 Å². The van der Waals surface area contributed by atoms with Crippen molar-refractivity contribution in [2.45, 2.75) is 33.3 Å². The van der Waals surface area contributed by atoms with Gasteiger partial charge in [-0.1, -0.05) is 13.8 Å². The third kappa shape index (κ3) is 3.11. The third-order valence-corrected chi connectivity index (χ3v) is 2.83. The van der Waals surface area contributed by atoms with E-state index < -0.39 is 6.10 Å². The normalized spacial score (nSPS) is 13.1. The first-order valence-corrected chi connectivity index (χ1v) is 6.34. The summed E-state index contributed by atoms with van der Waals surface area (Å²) in [5.74, 6) is 1.60. The molecule has 0 aliphatic heterocycles. The fourth-order valence-electron chi connectivity index (χ4n) is 2.04. The summed E-state index contributed by atoms with van der Waals surface area (Å²) < 4.78 is 1.40. The van der Waals surface area contributed by atoms with E-state index in [0.29, 0.717) is 29.8 Å². The van der Waals surface area contributed by atoms with E-state index in [1.54, 1.807) is 13.0 Å². The maximum absolute atomic E-state index is 11.4. The lowest BCUT2D eigenvalue weighted by Gasteiger charge is -2.14. The number of rotatable bonds is 5. The molecule has 2 aromatic heterocycles. The van der Waals surface area contributed by atoms with Crippen LogP contribution in [0.3, 0.4) is 0 Å². The highest BCUT2D eigenvalue weighted by atomic mass is 16.3. The average Bonchev–Trinajstić information content (AvgIpc) is 2.68. The molecule has 2 aromatic rings. The number of hydrogen-bond acceptors (Lipinski definition) is 5. The Morgan fingerprint density at radius 3 is 2.95 bits per heavy atom. The molecule has 3 N–H and O–H groups in total. The van der Waals surface area contributed by atoms with Crippen LogP contribution >= 0.6 is 0 Å². The number of nitrogens with zero attached hydrogens (tertiary/aromatic N) is 3. The van der Waals surface area contributed by atoms with Gasteiger partial charge in [-0.2, -0.15) is 5.10 Å². The molecule has 1 unspecified atom stereocenters. The smallest absolute Gasteiger partial charge is 0.349 e. The van der Waals surface area contributed by atoms with E-state index in [1.165, 1.54) is 4.40 Å². The van der Waals surface area contributed by atoms with E-state index in [0.717, 1.165) is 6.42 Å². The van der Waals surface area contributed by atoms with Gasteiger partial charge < -0.3 is 10.4 Å². The number of aryl methyl sites for hydroxylation is 1. The van der Waals surface area contributed by atoms with Crippen LogP contribution in [0.25, 0.3) is 5.65 Å². The largest absolute Gasteiger partial charge is 0.391 e. The molecule has 0 fully saturated rings. The minimum atomic E-state index is -0.417. The van der Waals surface area contributed by atoms with Gasteiger partial charge in [0.25, 0.3) is 0 Å². The Labute approximate surface area is 110 Å². The van der Waals surface area contributed by atoms with Gasteiger partial charge in [0.2, 0.25) is 0 Å². The maximum atomic E-state index is 11.4. The van der Waals surface area contributed by atoms with Crippen LogP contribution in [-0.2, 0) is 0 Å². The standard InChI is InChI=1S/C12H19N5O2/c1-7(2)4-9(18)6-13-10-5-11-15-16-12(19)17(11)8(3)14-10/h5,7,9,13,18H,4,6H2,1-3H3,(H,16,19). The molecule has 0 bridgehead atoms. The predicted molar refractivity (Wildman–Crippen MR) is 72.3 cm³/mol. The molecule has 0 amide bonds. The van der Waals surface area contributed by atoms with Crippen LogP contribution in [0.1, 0.15) is 26.1 Å². The maximum Gasteiger partial charge on any atom is 0.349 e. The monoisotopic (exact) mass is 265 g/mol. The molecule has 1 atom stereocenters. The third-order valence-electron chi connectivity index (χ3n) is 2.83. The number of fused-ring (bicyclic) bond motifs is 1. The average molecular weight is 265 g/mol. The minimum Gasteiger partial charge on any atom is -0.391 e. The van der Waals surface area contributed by atoms with Gasteiger partial charge in [0.1, 0.15) is 11.6 Å². The highest BCUT2D eigenvalue weighted by Crippen LogP contribution is 2.09. The zero-order chi connectivity index (χ0) is 14.0. The quantitative estimate of drug-likeness (QED) is 0.733. The summed E-state index contributed by atoms with van der Waals surface area (Å²) >= 11 is 0. The molecule has 0 radical (unpaired) electrons. The van der Waals surface area contributed by atoms with E-state index >= 15 is 0 Å². The van der Waals surface area contributed by atoms with Gasteiger partial charge in [-0.3, -0.25) is 0 Å². The number of anilines is 1. The van der Waals surface area contributed by atoms with Crippen molar-refractivity contribution in [3.8, 4) is 0 Å². The molecule has 0 spiro atoms. The van der Waals surface area contributed by atoms with Crippen LogP contribution in [0.4, 0.5) is 5.82 Å². The zero-order valence-electron chi connectivity index (χ0n) is 11.3. The molecule has 104 valence electrons. The van der Waals surface area contributed by atoms with Gasteiger partial charge in [0, 0.05) is 12.6 Å². The molecule has 7 nitrogen and oxygen atoms in total. The van der Waals surface area contributed by atoms with Crippen LogP contribution in [0, 0.1) is 12.8 Å². The van der Waals surface area contributed by atoms with Gasteiger partial charge >= 0.3 is 5.69 Å². The number of H-pyrrole nitrogens is 1. The molecule has 7 heteroatoms. The first-order valence-electron chi connectivity index (χ1n) is 6.34. The van der Waals surface area contributed by atoms with Crippen molar-refractivity contribution in [3.05, 3.63) is 22.4 Å². The van der Waals surface area contributed by atoms with Crippen LogP contribution in [0.15, 0.2) is 10.9 Å². The van der Waals surface area contributed by atoms with Crippen LogP contribution in [0.2, 0.25) is 0 Å². The molecule has 2 rings (SSSR count). The molecule has 0 aliphatic rings. The second-order valence-corrected chi connectivity index (χ2v) is 5.08. The number of aromatic nitrogens is 4. The first-order chi connectivity index (χ1) is 8.97. The van der Waals surface area contributed by atoms with Crippen molar-refractivity contribution < 1.29 is 5.11 Å². The molecular weight excluding hydrogens is 246 g/mol. The predicted octanol–water partition coefficient (Wildman–Crippen LogP) is 0.545. The highest BCUT2D eigenvalue weighted by molar-refractivity contribution is 5.49. The van der Waals surface area contributed by atoms with Crippen LogP contribution in [-0.4, -0.2) is 37.3 Å². The molecule has 19 heavy (non-hydrogen) atoms. The second-order valence-electron chi connectivity index (χ2n) is 5.08. The van der Waals surface area contributed by atoms with E-state index in [1.807, 2.05) is 0 Å². The van der Waals surface area contributed by atoms with Gasteiger partial charge in [-0.15, -0.1) is 0 Å². The van der Waals surface area contributed by atoms with Crippen molar-refractivity contribution >= 4 is 11.5 Å². The summed E-state index contributed by atoms with van der Waals surface area (Å²) in [6.45, 7) is 6.29. The highest BCUT2D eigenvalue weighted by Gasteiger charge is 2.09. The summed E-state index contributed by atoms with van der Waals surface area (Å²) in [5.41, 5.74) is 0.213. The number of aliphatic hydroxyl groups is 1. The molecule has 0 saturated heterocycles. The van der Waals surface area contributed by atoms with Gasteiger partial charge in [-0.05, 0) is 19.3 Å². The fraction of sp³-hybridized carbons (Fsp3) is 0.583. The Bertz CT molecular complexity index is 616. The summed E-state index contributed by atoms with van der Waals surface area (Å²) in [6.07, 6.45) is 0.315. The number of aromatic amines is 1. The van der Waals surface area contributed by atoms with Crippen molar-refractivity contribution in [2.24, 2.45) is 5.92 Å². The van der Waals surface area contributed by atoms with E-state index in [4.69, 9.17) is 0 Å². The van der Waals surface area contributed by atoms with Crippen molar-refractivity contribution in [1.82, 2.24) is 19.6 Å². The number of nitrogens with one attached hydrogen (secondary N) is 2. The Morgan fingerprint density at radius 2 is 2.26 bits per heavy atom. The van der Waals surface area contributed by atoms with Gasteiger partial charge in [0.05, 0.1) is 6.10 Å². The lowest BCUT2D eigenvalue weighted by atomic mass is 10.1. The lowest BCUT2D eigenvalue weighted by Crippen LogP contribution is -2.22. The Kier molecular flexibility index (Phi) is 3.84. The Balaban J connectivity index is 2.11. The van der Waals surface area contributed by atoms with E-state index in [-0.39, 0.29) is 5.69 Å². The Hall–Kier alpha value is -1.89. The summed E-state index contributed by atoms with van der Waals surface area (Å²) in [5, 5.41) is 19.1. The SMILES string of the molecule is Cc1nc(NCC(O)CC(C)C)cc2n[nH]c(=O)n12. The molecule has 2 heterocycles. The fourth-order valence-corrected chi connectivity index (χ4v) is 2.04. The van der Waals surface area contributed by atoms with E-state index in [9.17, 15) is 9.90 Å². The van der Waals surface area contributed by atoms with Gasteiger partial charge in [-0.25, -0.2) is 19.3 Å². The number of hydrogen-bond donors (Lipinski definition) is 3.